The van der Waals surface area contributed by atoms with Crippen molar-refractivity contribution in [3.05, 3.63) is 30.5 Å². The van der Waals surface area contributed by atoms with Crippen molar-refractivity contribution in [2.45, 2.75) is 6.92 Å². The van der Waals surface area contributed by atoms with Crippen molar-refractivity contribution >= 4 is 5.95 Å². The lowest BCUT2D eigenvalue weighted by molar-refractivity contribution is 0.996. The van der Waals surface area contributed by atoms with Crippen LogP contribution in [0.3, 0.4) is 0 Å². The summed E-state index contributed by atoms with van der Waals surface area (Å²) in [6.07, 6.45) is 5.04. The zero-order valence-corrected chi connectivity index (χ0v) is 9.55. The average molecular weight is 215 g/mol. The molecular formula is C11H13N5. The summed E-state index contributed by atoms with van der Waals surface area (Å²) in [4.78, 5) is 18.6. The van der Waals surface area contributed by atoms with E-state index in [-0.39, 0.29) is 0 Å². The van der Waals surface area contributed by atoms with Crippen molar-refractivity contribution in [3.63, 3.8) is 0 Å². The predicted molar refractivity (Wildman–Crippen MR) is 62.1 cm³/mol. The standard InChI is InChI=1S/C11H13N5/c1-8-9(6-12-7-14-8)10-4-5-13-11(15-10)16(2)3/h4-7H,1-3H3. The first kappa shape index (κ1) is 10.5. The summed E-state index contributed by atoms with van der Waals surface area (Å²) in [5.74, 6) is 0.681. The van der Waals surface area contributed by atoms with E-state index in [1.54, 1.807) is 12.4 Å². The Kier molecular flexibility index (Phi) is 2.76. The van der Waals surface area contributed by atoms with Gasteiger partial charge in [0.25, 0.3) is 0 Å². The van der Waals surface area contributed by atoms with Gasteiger partial charge in [-0.05, 0) is 13.0 Å². The van der Waals surface area contributed by atoms with E-state index in [0.717, 1.165) is 17.0 Å². The van der Waals surface area contributed by atoms with Crippen LogP contribution < -0.4 is 4.90 Å². The van der Waals surface area contributed by atoms with Crippen LogP contribution in [0.15, 0.2) is 24.8 Å². The molecule has 0 bridgehead atoms. The molecule has 0 fully saturated rings. The molecule has 2 aromatic heterocycles. The minimum atomic E-state index is 0.681. The Morgan fingerprint density at radius 2 is 2.00 bits per heavy atom. The van der Waals surface area contributed by atoms with Gasteiger partial charge in [0.15, 0.2) is 0 Å². The lowest BCUT2D eigenvalue weighted by Gasteiger charge is -2.11. The molecule has 2 rings (SSSR count). The molecule has 5 heteroatoms. The van der Waals surface area contributed by atoms with Gasteiger partial charge < -0.3 is 4.90 Å². The third kappa shape index (κ3) is 1.98. The van der Waals surface area contributed by atoms with E-state index < -0.39 is 0 Å². The zero-order valence-electron chi connectivity index (χ0n) is 9.55. The molecule has 0 radical (unpaired) electrons. The second kappa shape index (κ2) is 4.22. The summed E-state index contributed by atoms with van der Waals surface area (Å²) < 4.78 is 0. The first-order chi connectivity index (χ1) is 7.68. The number of aromatic nitrogens is 4. The Labute approximate surface area is 94.2 Å². The number of aryl methyl sites for hydroxylation is 1. The lowest BCUT2D eigenvalue weighted by Crippen LogP contribution is -2.12. The summed E-state index contributed by atoms with van der Waals surface area (Å²) >= 11 is 0. The molecule has 16 heavy (non-hydrogen) atoms. The fraction of sp³-hybridized carbons (Fsp3) is 0.273. The molecule has 0 saturated carbocycles. The molecule has 0 amide bonds. The topological polar surface area (TPSA) is 54.8 Å². The molecule has 2 heterocycles. The second-order valence-electron chi connectivity index (χ2n) is 3.66. The van der Waals surface area contributed by atoms with E-state index >= 15 is 0 Å². The fourth-order valence-corrected chi connectivity index (χ4v) is 1.36. The van der Waals surface area contributed by atoms with Crippen LogP contribution in [-0.4, -0.2) is 34.0 Å². The van der Waals surface area contributed by atoms with Crippen LogP contribution in [0, 0.1) is 6.92 Å². The molecule has 0 aromatic carbocycles. The zero-order chi connectivity index (χ0) is 11.5. The van der Waals surface area contributed by atoms with Gasteiger partial charge >= 0.3 is 0 Å². The van der Waals surface area contributed by atoms with Gasteiger partial charge in [-0.1, -0.05) is 0 Å². The van der Waals surface area contributed by atoms with Gasteiger partial charge in [0.2, 0.25) is 5.95 Å². The maximum absolute atomic E-state index is 4.44. The Hall–Kier alpha value is -2.04. The summed E-state index contributed by atoms with van der Waals surface area (Å²) in [6, 6.07) is 1.86. The molecule has 82 valence electrons. The summed E-state index contributed by atoms with van der Waals surface area (Å²) in [5, 5.41) is 0. The molecule has 0 aliphatic heterocycles. The van der Waals surface area contributed by atoms with Crippen molar-refractivity contribution < 1.29 is 0 Å². The summed E-state index contributed by atoms with van der Waals surface area (Å²) in [6.45, 7) is 1.94. The van der Waals surface area contributed by atoms with Gasteiger partial charge in [-0.15, -0.1) is 0 Å². The van der Waals surface area contributed by atoms with Crippen LogP contribution in [0.1, 0.15) is 5.69 Å². The highest BCUT2D eigenvalue weighted by Crippen LogP contribution is 2.19. The molecule has 0 aliphatic rings. The number of anilines is 1. The quantitative estimate of drug-likeness (QED) is 0.756. The van der Waals surface area contributed by atoms with E-state index in [1.807, 2.05) is 32.0 Å². The number of hydrogen-bond acceptors (Lipinski definition) is 5. The Morgan fingerprint density at radius 3 is 2.69 bits per heavy atom. The second-order valence-corrected chi connectivity index (χ2v) is 3.66. The molecule has 0 atom stereocenters. The molecule has 5 nitrogen and oxygen atoms in total. The first-order valence-corrected chi connectivity index (χ1v) is 4.96. The van der Waals surface area contributed by atoms with Gasteiger partial charge in [-0.25, -0.2) is 19.9 Å². The van der Waals surface area contributed by atoms with Crippen LogP contribution >= 0.6 is 0 Å². The van der Waals surface area contributed by atoms with Gasteiger partial charge in [0, 0.05) is 32.1 Å². The van der Waals surface area contributed by atoms with Gasteiger partial charge in [0.1, 0.15) is 6.33 Å². The third-order valence-electron chi connectivity index (χ3n) is 2.23. The normalized spacial score (nSPS) is 10.2. The monoisotopic (exact) mass is 215 g/mol. The first-order valence-electron chi connectivity index (χ1n) is 4.96. The maximum Gasteiger partial charge on any atom is 0.225 e. The summed E-state index contributed by atoms with van der Waals surface area (Å²) in [7, 11) is 3.82. The Balaban J connectivity index is 2.49. The molecule has 0 aliphatic carbocycles. The highest BCUT2D eigenvalue weighted by molar-refractivity contribution is 5.61. The lowest BCUT2D eigenvalue weighted by atomic mass is 10.2. The van der Waals surface area contributed by atoms with E-state index in [2.05, 4.69) is 19.9 Å². The largest absolute Gasteiger partial charge is 0.347 e. The van der Waals surface area contributed by atoms with Crippen LogP contribution in [-0.2, 0) is 0 Å². The van der Waals surface area contributed by atoms with E-state index in [4.69, 9.17) is 0 Å². The molecule has 0 unspecified atom stereocenters. The maximum atomic E-state index is 4.44. The smallest absolute Gasteiger partial charge is 0.225 e. The van der Waals surface area contributed by atoms with Gasteiger partial charge in [-0.2, -0.15) is 0 Å². The van der Waals surface area contributed by atoms with Crippen LogP contribution in [0.5, 0.6) is 0 Å². The van der Waals surface area contributed by atoms with E-state index in [0.29, 0.717) is 5.95 Å². The van der Waals surface area contributed by atoms with Crippen molar-refractivity contribution in [1.82, 2.24) is 19.9 Å². The van der Waals surface area contributed by atoms with Crippen molar-refractivity contribution in [3.8, 4) is 11.3 Å². The third-order valence-corrected chi connectivity index (χ3v) is 2.23. The van der Waals surface area contributed by atoms with Crippen molar-refractivity contribution in [1.29, 1.82) is 0 Å². The van der Waals surface area contributed by atoms with Crippen LogP contribution in [0.2, 0.25) is 0 Å². The Bertz CT molecular complexity index is 495. The molecule has 0 spiro atoms. The Morgan fingerprint density at radius 1 is 1.19 bits per heavy atom. The van der Waals surface area contributed by atoms with Gasteiger partial charge in [-0.3, -0.25) is 0 Å². The average Bonchev–Trinajstić information content (AvgIpc) is 2.30. The molecule has 0 N–H and O–H groups in total. The minimum Gasteiger partial charge on any atom is -0.347 e. The highest BCUT2D eigenvalue weighted by atomic mass is 15.2. The van der Waals surface area contributed by atoms with E-state index in [9.17, 15) is 0 Å². The summed E-state index contributed by atoms with van der Waals surface area (Å²) in [5.41, 5.74) is 2.70. The van der Waals surface area contributed by atoms with Crippen molar-refractivity contribution in [2.75, 3.05) is 19.0 Å². The van der Waals surface area contributed by atoms with E-state index in [1.165, 1.54) is 6.33 Å². The highest BCUT2D eigenvalue weighted by Gasteiger charge is 2.06. The minimum absolute atomic E-state index is 0.681. The van der Waals surface area contributed by atoms with Crippen molar-refractivity contribution in [2.24, 2.45) is 0 Å². The van der Waals surface area contributed by atoms with Gasteiger partial charge in [0.05, 0.1) is 11.4 Å². The fourth-order valence-electron chi connectivity index (χ4n) is 1.36. The molecule has 0 saturated heterocycles. The van der Waals surface area contributed by atoms with Crippen LogP contribution in [0.4, 0.5) is 5.95 Å². The van der Waals surface area contributed by atoms with Crippen LogP contribution in [0.25, 0.3) is 11.3 Å². The molecular weight excluding hydrogens is 202 g/mol. The number of hydrogen-bond donors (Lipinski definition) is 0. The number of rotatable bonds is 2. The predicted octanol–water partition coefficient (Wildman–Crippen LogP) is 1.31. The SMILES string of the molecule is Cc1ncncc1-c1ccnc(N(C)C)n1. The molecule has 2 aromatic rings. The number of nitrogens with zero attached hydrogens (tertiary/aromatic N) is 5.